The molecular weight excluding hydrogens is 418 g/mol. The van der Waals surface area contributed by atoms with Gasteiger partial charge in [0.25, 0.3) is 5.09 Å². The Hall–Kier alpha value is -2.43. The quantitative estimate of drug-likeness (QED) is 0.320. The molecule has 1 aliphatic rings. The van der Waals surface area contributed by atoms with Gasteiger partial charge in [0.05, 0.1) is 6.61 Å². The fourth-order valence-electron chi connectivity index (χ4n) is 3.55. The van der Waals surface area contributed by atoms with Crippen LogP contribution in [0.3, 0.4) is 0 Å². The lowest BCUT2D eigenvalue weighted by molar-refractivity contribution is -0.769. The van der Waals surface area contributed by atoms with Crippen LogP contribution in [0.25, 0.3) is 0 Å². The summed E-state index contributed by atoms with van der Waals surface area (Å²) in [6.45, 7) is 4.74. The van der Waals surface area contributed by atoms with Gasteiger partial charge in [0.1, 0.15) is 24.6 Å². The third-order valence-corrected chi connectivity index (χ3v) is 5.39. The Labute approximate surface area is 188 Å². The summed E-state index contributed by atoms with van der Waals surface area (Å²) in [7, 11) is 1.67. The second-order valence-electron chi connectivity index (χ2n) is 8.23. The normalized spacial score (nSPS) is 16.4. The minimum Gasteiger partial charge on any atom is -0.491 e. The number of amides is 1. The van der Waals surface area contributed by atoms with Crippen LogP contribution in [0.5, 0.6) is 5.75 Å². The van der Waals surface area contributed by atoms with E-state index in [1.165, 1.54) is 5.56 Å². The second kappa shape index (κ2) is 13.9. The van der Waals surface area contributed by atoms with Gasteiger partial charge in [0, 0.05) is 33.2 Å². The smallest absolute Gasteiger partial charge is 0.294 e. The largest absolute Gasteiger partial charge is 0.491 e. The van der Waals surface area contributed by atoms with E-state index in [0.29, 0.717) is 57.8 Å². The molecule has 180 valence electrons. The molecule has 0 aromatic heterocycles. The van der Waals surface area contributed by atoms with Crippen molar-refractivity contribution in [1.29, 1.82) is 0 Å². The zero-order valence-electron chi connectivity index (χ0n) is 18.9. The number of nitrogens with zero attached hydrogens (tertiary/aromatic N) is 2. The minimum atomic E-state index is -0.768. The van der Waals surface area contributed by atoms with Gasteiger partial charge >= 0.3 is 0 Å². The predicted octanol–water partition coefficient (Wildman–Crippen LogP) is 1.43. The maximum atomic E-state index is 12.4. The number of aliphatic hydroxyl groups is 1. The van der Waals surface area contributed by atoms with Crippen LogP contribution >= 0.6 is 0 Å². The van der Waals surface area contributed by atoms with Gasteiger partial charge in [-0.3, -0.25) is 4.79 Å². The molecule has 1 aromatic rings. The summed E-state index contributed by atoms with van der Waals surface area (Å²) in [5, 5.41) is 22.9. The van der Waals surface area contributed by atoms with E-state index in [1.807, 2.05) is 31.2 Å². The summed E-state index contributed by atoms with van der Waals surface area (Å²) in [6.07, 6.45) is 1.09. The number of carbonyl (C=O) groups is 1. The lowest BCUT2D eigenvalue weighted by atomic mass is 10.0. The van der Waals surface area contributed by atoms with Crippen LogP contribution in [0.1, 0.15) is 31.7 Å². The highest BCUT2D eigenvalue weighted by molar-refractivity contribution is 5.76. The number of hydrogen-bond acceptors (Lipinski definition) is 8. The molecule has 0 radical (unpaired) electrons. The first-order chi connectivity index (χ1) is 15.4. The van der Waals surface area contributed by atoms with Gasteiger partial charge < -0.3 is 29.6 Å². The zero-order chi connectivity index (χ0) is 23.3. The van der Waals surface area contributed by atoms with E-state index in [9.17, 15) is 20.0 Å². The molecule has 1 heterocycles. The molecule has 0 bridgehead atoms. The van der Waals surface area contributed by atoms with Gasteiger partial charge in [-0.05, 0) is 49.4 Å². The summed E-state index contributed by atoms with van der Waals surface area (Å²) >= 11 is 0. The molecule has 1 amide bonds. The zero-order valence-corrected chi connectivity index (χ0v) is 18.9. The van der Waals surface area contributed by atoms with E-state index < -0.39 is 17.3 Å². The predicted molar refractivity (Wildman–Crippen MR) is 118 cm³/mol. The van der Waals surface area contributed by atoms with Crippen molar-refractivity contribution in [1.82, 2.24) is 10.2 Å². The SMILES string of the molecule is COCCc1ccc(OCC(O)CNCC(C)CC(=O)N2CCC(O[N+](=O)[O-])CC2)cc1. The number of nitrogens with one attached hydrogen (secondary N) is 1. The Balaban J connectivity index is 1.57. The third kappa shape index (κ3) is 9.80. The molecule has 1 aliphatic heterocycles. The molecule has 2 unspecified atom stereocenters. The van der Waals surface area contributed by atoms with Crippen molar-refractivity contribution in [3.8, 4) is 5.75 Å². The average molecular weight is 454 g/mol. The second-order valence-corrected chi connectivity index (χ2v) is 8.23. The van der Waals surface area contributed by atoms with Crippen LogP contribution in [0.15, 0.2) is 24.3 Å². The van der Waals surface area contributed by atoms with Crippen molar-refractivity contribution in [2.24, 2.45) is 5.92 Å². The van der Waals surface area contributed by atoms with Gasteiger partial charge in [-0.15, -0.1) is 10.1 Å². The van der Waals surface area contributed by atoms with Crippen molar-refractivity contribution < 1.29 is 29.3 Å². The van der Waals surface area contributed by atoms with E-state index in [1.54, 1.807) is 12.0 Å². The van der Waals surface area contributed by atoms with Gasteiger partial charge in [-0.1, -0.05) is 19.1 Å². The lowest BCUT2D eigenvalue weighted by Crippen LogP contribution is -2.42. The molecular formula is C22H35N3O7. The molecule has 0 aliphatic carbocycles. The Bertz CT molecular complexity index is 693. The first-order valence-electron chi connectivity index (χ1n) is 11.1. The van der Waals surface area contributed by atoms with Gasteiger partial charge in [0.2, 0.25) is 5.91 Å². The van der Waals surface area contributed by atoms with E-state index in [-0.39, 0.29) is 18.4 Å². The average Bonchev–Trinajstić information content (AvgIpc) is 2.77. The molecule has 1 saturated heterocycles. The number of hydrogen-bond donors (Lipinski definition) is 2. The number of ether oxygens (including phenoxy) is 2. The first kappa shape index (κ1) is 25.8. The van der Waals surface area contributed by atoms with Crippen LogP contribution in [0.2, 0.25) is 0 Å². The number of aliphatic hydroxyl groups excluding tert-OH is 1. The molecule has 2 rings (SSSR count). The molecule has 10 nitrogen and oxygen atoms in total. The van der Waals surface area contributed by atoms with Crippen molar-refractivity contribution in [2.75, 3.05) is 46.5 Å². The summed E-state index contributed by atoms with van der Waals surface area (Å²) in [5.74, 6) is 0.844. The highest BCUT2D eigenvalue weighted by Crippen LogP contribution is 2.16. The minimum absolute atomic E-state index is 0.0386. The van der Waals surface area contributed by atoms with E-state index in [0.717, 1.165) is 6.42 Å². The van der Waals surface area contributed by atoms with Crippen molar-refractivity contribution in [3.63, 3.8) is 0 Å². The van der Waals surface area contributed by atoms with Crippen LogP contribution in [0, 0.1) is 16.0 Å². The summed E-state index contributed by atoms with van der Waals surface area (Å²) in [4.78, 5) is 29.1. The Kier molecular flexibility index (Phi) is 11.2. The number of carbonyl (C=O) groups excluding carboxylic acids is 1. The Morgan fingerprint density at radius 2 is 1.97 bits per heavy atom. The highest BCUT2D eigenvalue weighted by Gasteiger charge is 2.25. The molecule has 10 heteroatoms. The standard InChI is InChI=1S/C22H35N3O7/c1-17(13-22(27)24-10-7-21(8-11-24)32-25(28)29)14-23-15-19(26)16-31-20-5-3-18(4-6-20)9-12-30-2/h3-6,17,19,21,23,26H,7-16H2,1-2H3. The summed E-state index contributed by atoms with van der Waals surface area (Å²) in [6, 6.07) is 7.72. The van der Waals surface area contributed by atoms with Crippen molar-refractivity contribution in [3.05, 3.63) is 39.9 Å². The third-order valence-electron chi connectivity index (χ3n) is 5.39. The van der Waals surface area contributed by atoms with Crippen LogP contribution in [0.4, 0.5) is 0 Å². The molecule has 0 saturated carbocycles. The fourth-order valence-corrected chi connectivity index (χ4v) is 3.55. The number of benzene rings is 1. The molecule has 1 aromatic carbocycles. The molecule has 2 atom stereocenters. The first-order valence-corrected chi connectivity index (χ1v) is 11.1. The van der Waals surface area contributed by atoms with Gasteiger partial charge in [0.15, 0.2) is 0 Å². The Morgan fingerprint density at radius 3 is 2.59 bits per heavy atom. The fraction of sp³-hybridized carbons (Fsp3) is 0.682. The number of piperidine rings is 1. The van der Waals surface area contributed by atoms with Crippen molar-refractivity contribution in [2.45, 2.75) is 44.8 Å². The van der Waals surface area contributed by atoms with Crippen LogP contribution in [-0.4, -0.2) is 79.7 Å². The molecule has 0 spiro atoms. The lowest BCUT2D eigenvalue weighted by Gasteiger charge is -2.31. The molecule has 32 heavy (non-hydrogen) atoms. The van der Waals surface area contributed by atoms with E-state index in [2.05, 4.69) is 10.2 Å². The van der Waals surface area contributed by atoms with Gasteiger partial charge in [-0.2, -0.15) is 0 Å². The van der Waals surface area contributed by atoms with E-state index in [4.69, 9.17) is 9.47 Å². The molecule has 1 fully saturated rings. The Morgan fingerprint density at radius 1 is 1.28 bits per heavy atom. The summed E-state index contributed by atoms with van der Waals surface area (Å²) < 4.78 is 10.7. The highest BCUT2D eigenvalue weighted by atomic mass is 17.0. The van der Waals surface area contributed by atoms with Crippen LogP contribution in [-0.2, 0) is 20.8 Å². The van der Waals surface area contributed by atoms with Crippen LogP contribution < -0.4 is 10.1 Å². The monoisotopic (exact) mass is 453 g/mol. The number of likely N-dealkylation sites (tertiary alicyclic amines) is 1. The van der Waals surface area contributed by atoms with E-state index >= 15 is 0 Å². The number of rotatable bonds is 14. The summed E-state index contributed by atoms with van der Waals surface area (Å²) in [5.41, 5.74) is 1.17. The molecule has 2 N–H and O–H groups in total. The van der Waals surface area contributed by atoms with Gasteiger partial charge in [-0.25, -0.2) is 0 Å². The maximum absolute atomic E-state index is 12.4. The maximum Gasteiger partial charge on any atom is 0.294 e. The van der Waals surface area contributed by atoms with Crippen molar-refractivity contribution >= 4 is 5.91 Å². The topological polar surface area (TPSA) is 123 Å². The number of methoxy groups -OCH3 is 1.